The molecule has 1 aliphatic heterocycles. The zero-order valence-electron chi connectivity index (χ0n) is 20.2. The van der Waals surface area contributed by atoms with Crippen molar-refractivity contribution >= 4 is 40.7 Å². The highest BCUT2D eigenvalue weighted by Crippen LogP contribution is 2.27. The predicted octanol–water partition coefficient (Wildman–Crippen LogP) is 6.97. The zero-order valence-corrected chi connectivity index (χ0v) is 21.8. The van der Waals surface area contributed by atoms with Crippen molar-refractivity contribution in [2.75, 3.05) is 11.4 Å². The van der Waals surface area contributed by atoms with E-state index in [1.807, 2.05) is 71.6 Å². The summed E-state index contributed by atoms with van der Waals surface area (Å²) < 4.78 is 0. The quantitative estimate of drug-likeness (QED) is 0.271. The van der Waals surface area contributed by atoms with Gasteiger partial charge in [0, 0.05) is 23.8 Å². The first-order chi connectivity index (χ1) is 18.0. The summed E-state index contributed by atoms with van der Waals surface area (Å²) in [6, 6.07) is 30.6. The van der Waals surface area contributed by atoms with Crippen LogP contribution in [0.25, 0.3) is 0 Å². The van der Waals surface area contributed by atoms with E-state index in [4.69, 9.17) is 23.2 Å². The minimum absolute atomic E-state index is 0.104. The number of anilines is 1. The molecule has 0 fully saturated rings. The van der Waals surface area contributed by atoms with E-state index in [1.54, 1.807) is 23.1 Å². The molecule has 5 rings (SSSR count). The van der Waals surface area contributed by atoms with Gasteiger partial charge in [0.05, 0.1) is 23.6 Å². The van der Waals surface area contributed by atoms with Gasteiger partial charge >= 0.3 is 0 Å². The van der Waals surface area contributed by atoms with Crippen LogP contribution in [0.3, 0.4) is 0 Å². The second-order valence-corrected chi connectivity index (χ2v) is 10.0. The topological polar surface area (TPSA) is 40.6 Å². The van der Waals surface area contributed by atoms with Gasteiger partial charge in [-0.2, -0.15) is 0 Å². The van der Waals surface area contributed by atoms with E-state index in [0.29, 0.717) is 35.1 Å². The average molecular weight is 529 g/mol. The van der Waals surface area contributed by atoms with Crippen LogP contribution in [0.1, 0.15) is 32.6 Å². The predicted molar refractivity (Wildman–Crippen MR) is 149 cm³/mol. The van der Waals surface area contributed by atoms with Crippen molar-refractivity contribution in [2.45, 2.75) is 25.9 Å². The van der Waals surface area contributed by atoms with Gasteiger partial charge in [0.2, 0.25) is 5.91 Å². The summed E-state index contributed by atoms with van der Waals surface area (Å²) in [5.41, 5.74) is 5.54. The summed E-state index contributed by atoms with van der Waals surface area (Å²) in [6.07, 6.45) is 1.20. The van der Waals surface area contributed by atoms with Crippen molar-refractivity contribution in [3.8, 4) is 0 Å². The molecule has 0 saturated heterocycles. The van der Waals surface area contributed by atoms with Gasteiger partial charge in [-0.25, -0.2) is 0 Å². The third-order valence-corrected chi connectivity index (χ3v) is 7.22. The highest BCUT2D eigenvalue weighted by Gasteiger charge is 2.23. The maximum atomic E-state index is 13.6. The van der Waals surface area contributed by atoms with Crippen LogP contribution in [0.4, 0.5) is 5.69 Å². The number of carbonyl (C=O) groups excluding carboxylic acids is 2. The maximum absolute atomic E-state index is 13.6. The standard InChI is InChI=1S/C31H26Cl2N2O2/c32-26-12-15-28(29(33)19-26)31(37)35(20-23-6-2-1-3-7-23)27-13-10-22(11-14-27)18-30(36)34-17-16-24-8-4-5-9-25(24)21-34/h1-15,19H,16-18,20-21H2. The summed E-state index contributed by atoms with van der Waals surface area (Å²) in [7, 11) is 0. The molecule has 0 aromatic heterocycles. The smallest absolute Gasteiger partial charge is 0.260 e. The summed E-state index contributed by atoms with van der Waals surface area (Å²) in [6.45, 7) is 1.76. The third kappa shape index (κ3) is 5.87. The van der Waals surface area contributed by atoms with E-state index in [0.717, 1.165) is 29.8 Å². The van der Waals surface area contributed by atoms with Gasteiger partial charge in [-0.15, -0.1) is 0 Å². The SMILES string of the molecule is O=C(Cc1ccc(N(Cc2ccccc2)C(=O)c2ccc(Cl)cc2Cl)cc1)N1CCc2ccccc2C1. The van der Waals surface area contributed by atoms with Crippen LogP contribution in [0.15, 0.2) is 97.1 Å². The van der Waals surface area contributed by atoms with Crippen molar-refractivity contribution in [3.63, 3.8) is 0 Å². The molecule has 0 saturated carbocycles. The molecule has 0 aliphatic carbocycles. The Hall–Kier alpha value is -3.60. The number of hydrogen-bond donors (Lipinski definition) is 0. The Kier molecular flexibility index (Phi) is 7.59. The Morgan fingerprint density at radius 2 is 1.49 bits per heavy atom. The molecule has 0 atom stereocenters. The van der Waals surface area contributed by atoms with Crippen molar-refractivity contribution in [3.05, 3.63) is 135 Å². The normalized spacial score (nSPS) is 12.6. The molecule has 0 bridgehead atoms. The molecule has 6 heteroatoms. The van der Waals surface area contributed by atoms with Crippen LogP contribution in [-0.4, -0.2) is 23.3 Å². The molecular weight excluding hydrogens is 503 g/mol. The lowest BCUT2D eigenvalue weighted by Gasteiger charge is -2.29. The Labute approximate surface area is 227 Å². The van der Waals surface area contributed by atoms with Crippen LogP contribution in [0, 0.1) is 0 Å². The van der Waals surface area contributed by atoms with Crippen molar-refractivity contribution in [1.82, 2.24) is 4.90 Å². The van der Waals surface area contributed by atoms with E-state index in [2.05, 4.69) is 12.1 Å². The molecule has 0 unspecified atom stereocenters. The Bertz CT molecular complexity index is 1420. The largest absolute Gasteiger partial charge is 0.338 e. The minimum Gasteiger partial charge on any atom is -0.338 e. The summed E-state index contributed by atoms with van der Waals surface area (Å²) in [5, 5.41) is 0.781. The van der Waals surface area contributed by atoms with Crippen LogP contribution >= 0.6 is 23.2 Å². The summed E-state index contributed by atoms with van der Waals surface area (Å²) in [5.74, 6) is -0.117. The molecule has 1 heterocycles. The maximum Gasteiger partial charge on any atom is 0.260 e. The molecule has 0 radical (unpaired) electrons. The van der Waals surface area contributed by atoms with E-state index in [9.17, 15) is 9.59 Å². The van der Waals surface area contributed by atoms with Crippen molar-refractivity contribution in [2.24, 2.45) is 0 Å². The number of amides is 2. The Morgan fingerprint density at radius 3 is 2.22 bits per heavy atom. The Balaban J connectivity index is 1.34. The number of fused-ring (bicyclic) bond motifs is 1. The number of halogens is 2. The lowest BCUT2D eigenvalue weighted by molar-refractivity contribution is -0.131. The molecule has 37 heavy (non-hydrogen) atoms. The van der Waals surface area contributed by atoms with Gasteiger partial charge in [0.25, 0.3) is 5.91 Å². The van der Waals surface area contributed by atoms with Crippen molar-refractivity contribution in [1.29, 1.82) is 0 Å². The number of nitrogens with zero attached hydrogens (tertiary/aromatic N) is 2. The molecule has 2 amide bonds. The Morgan fingerprint density at radius 1 is 0.784 bits per heavy atom. The van der Waals surface area contributed by atoms with Gasteiger partial charge in [-0.1, -0.05) is 89.9 Å². The van der Waals surface area contributed by atoms with E-state index in [-0.39, 0.29) is 11.8 Å². The molecule has 1 aliphatic rings. The highest BCUT2D eigenvalue weighted by atomic mass is 35.5. The first kappa shape index (κ1) is 25.1. The second kappa shape index (κ2) is 11.2. The number of benzene rings is 4. The first-order valence-corrected chi connectivity index (χ1v) is 13.0. The third-order valence-electron chi connectivity index (χ3n) is 6.68. The van der Waals surface area contributed by atoms with Gasteiger partial charge < -0.3 is 9.80 Å². The van der Waals surface area contributed by atoms with Gasteiger partial charge in [0.1, 0.15) is 0 Å². The van der Waals surface area contributed by atoms with Gasteiger partial charge in [-0.3, -0.25) is 9.59 Å². The zero-order chi connectivity index (χ0) is 25.8. The van der Waals surface area contributed by atoms with Gasteiger partial charge in [0.15, 0.2) is 0 Å². The number of rotatable bonds is 6. The van der Waals surface area contributed by atoms with Crippen molar-refractivity contribution < 1.29 is 9.59 Å². The van der Waals surface area contributed by atoms with Gasteiger partial charge in [-0.05, 0) is 59.0 Å². The van der Waals surface area contributed by atoms with Crippen LogP contribution in [0.5, 0.6) is 0 Å². The molecule has 4 nitrogen and oxygen atoms in total. The average Bonchev–Trinajstić information content (AvgIpc) is 2.92. The number of hydrogen-bond acceptors (Lipinski definition) is 2. The molecule has 186 valence electrons. The van der Waals surface area contributed by atoms with E-state index in [1.165, 1.54) is 11.1 Å². The van der Waals surface area contributed by atoms with E-state index < -0.39 is 0 Å². The summed E-state index contributed by atoms with van der Waals surface area (Å²) >= 11 is 12.4. The second-order valence-electron chi connectivity index (χ2n) is 9.18. The van der Waals surface area contributed by atoms with E-state index >= 15 is 0 Å². The fraction of sp³-hybridized carbons (Fsp3) is 0.161. The van der Waals surface area contributed by atoms with Crippen LogP contribution in [-0.2, 0) is 30.7 Å². The first-order valence-electron chi connectivity index (χ1n) is 12.2. The molecular formula is C31H26Cl2N2O2. The molecule has 4 aromatic carbocycles. The van der Waals surface area contributed by atoms with Crippen LogP contribution < -0.4 is 4.90 Å². The lowest BCUT2D eigenvalue weighted by Crippen LogP contribution is -2.36. The molecule has 0 N–H and O–H groups in total. The minimum atomic E-state index is -0.221. The molecule has 0 spiro atoms. The summed E-state index contributed by atoms with van der Waals surface area (Å²) in [4.78, 5) is 30.2. The number of carbonyl (C=O) groups is 2. The fourth-order valence-corrected chi connectivity index (χ4v) is 5.13. The molecule has 4 aromatic rings. The fourth-order valence-electron chi connectivity index (χ4n) is 4.64. The van der Waals surface area contributed by atoms with Crippen LogP contribution in [0.2, 0.25) is 10.0 Å². The highest BCUT2D eigenvalue weighted by molar-refractivity contribution is 6.37. The lowest BCUT2D eigenvalue weighted by atomic mass is 9.99. The monoisotopic (exact) mass is 528 g/mol.